The highest BCUT2D eigenvalue weighted by Crippen LogP contribution is 2.20. The lowest BCUT2D eigenvalue weighted by Crippen LogP contribution is -2.28. The number of aryl methyl sites for hydroxylation is 1. The first-order valence-electron chi connectivity index (χ1n) is 10.5. The van der Waals surface area contributed by atoms with Gasteiger partial charge in [0.25, 0.3) is 5.91 Å². The molecule has 3 aromatic carbocycles. The molecule has 0 saturated carbocycles. The van der Waals surface area contributed by atoms with Crippen molar-refractivity contribution in [2.24, 2.45) is 7.05 Å². The van der Waals surface area contributed by atoms with Gasteiger partial charge in [0.2, 0.25) is 5.91 Å². The first-order chi connectivity index (χ1) is 16.1. The number of benzene rings is 3. The summed E-state index contributed by atoms with van der Waals surface area (Å²) >= 11 is 1.36. The molecule has 1 aromatic heterocycles. The van der Waals surface area contributed by atoms with Crippen LogP contribution in [-0.2, 0) is 11.8 Å². The van der Waals surface area contributed by atoms with E-state index < -0.39 is 0 Å². The van der Waals surface area contributed by atoms with E-state index in [1.807, 2.05) is 54.2 Å². The van der Waals surface area contributed by atoms with Gasteiger partial charge in [0.15, 0.2) is 5.16 Å². The number of hydrogen-bond donors (Lipinski definition) is 2. The van der Waals surface area contributed by atoms with Gasteiger partial charge in [-0.25, -0.2) is 4.98 Å². The molecular weight excluding hydrogens is 436 g/mol. The number of carbonyl (C=O) groups is 2. The molecule has 0 aliphatic carbocycles. The molecule has 2 N–H and O–H groups in total. The molecule has 0 radical (unpaired) electrons. The van der Waals surface area contributed by atoms with Gasteiger partial charge >= 0.3 is 0 Å². The molecule has 8 heteroatoms. The van der Waals surface area contributed by atoms with Gasteiger partial charge in [-0.1, -0.05) is 42.1 Å². The number of rotatable bonds is 9. The van der Waals surface area contributed by atoms with E-state index in [4.69, 9.17) is 4.74 Å². The van der Waals surface area contributed by atoms with Gasteiger partial charge in [-0.2, -0.15) is 0 Å². The predicted molar refractivity (Wildman–Crippen MR) is 131 cm³/mol. The third-order valence-electron chi connectivity index (χ3n) is 4.92. The van der Waals surface area contributed by atoms with Crippen LogP contribution in [-0.4, -0.2) is 40.3 Å². The number of nitrogens with one attached hydrogen (secondary N) is 2. The van der Waals surface area contributed by atoms with Gasteiger partial charge in [-0.3, -0.25) is 9.59 Å². The summed E-state index contributed by atoms with van der Waals surface area (Å²) in [7, 11) is 1.88. The standard InChI is InChI=1S/C25H24N4O3S/c1-29-14-12-27-25(29)33-17-23(30)28-21-9-6-19(7-10-21)24(31)26-13-15-32-22-11-8-18-4-2-3-5-20(18)16-22/h2-12,14,16H,13,15,17H2,1H3,(H,26,31)(H,28,30). The molecule has 0 unspecified atom stereocenters. The van der Waals surface area contributed by atoms with Crippen LogP contribution >= 0.6 is 11.8 Å². The van der Waals surface area contributed by atoms with E-state index in [2.05, 4.69) is 21.7 Å². The Kier molecular flexibility index (Phi) is 7.26. The largest absolute Gasteiger partial charge is 0.492 e. The van der Waals surface area contributed by atoms with Gasteiger partial charge in [0.1, 0.15) is 12.4 Å². The Hall–Kier alpha value is -3.78. The monoisotopic (exact) mass is 460 g/mol. The molecule has 1 heterocycles. The summed E-state index contributed by atoms with van der Waals surface area (Å²) in [6.07, 6.45) is 3.53. The first-order valence-corrected chi connectivity index (χ1v) is 11.5. The lowest BCUT2D eigenvalue weighted by atomic mass is 10.1. The minimum atomic E-state index is -0.194. The number of thioether (sulfide) groups is 1. The summed E-state index contributed by atoms with van der Waals surface area (Å²) in [6, 6.07) is 20.8. The van der Waals surface area contributed by atoms with Crippen molar-refractivity contribution in [1.29, 1.82) is 0 Å². The summed E-state index contributed by atoms with van der Waals surface area (Å²) in [4.78, 5) is 28.7. The molecule has 33 heavy (non-hydrogen) atoms. The van der Waals surface area contributed by atoms with E-state index >= 15 is 0 Å². The number of fused-ring (bicyclic) bond motifs is 1. The highest BCUT2D eigenvalue weighted by atomic mass is 32.2. The van der Waals surface area contributed by atoms with E-state index in [0.717, 1.165) is 21.7 Å². The zero-order valence-corrected chi connectivity index (χ0v) is 19.0. The molecular formula is C25H24N4O3S. The van der Waals surface area contributed by atoms with Crippen LogP contribution in [0.1, 0.15) is 10.4 Å². The molecule has 0 aliphatic heterocycles. The third kappa shape index (κ3) is 6.14. The summed E-state index contributed by atoms with van der Waals surface area (Å²) in [5.74, 6) is 0.695. The molecule has 0 bridgehead atoms. The molecule has 168 valence electrons. The Labute approximate surface area is 196 Å². The van der Waals surface area contributed by atoms with Crippen molar-refractivity contribution in [3.05, 3.63) is 84.7 Å². The van der Waals surface area contributed by atoms with Crippen molar-refractivity contribution in [3.63, 3.8) is 0 Å². The van der Waals surface area contributed by atoms with Crippen LogP contribution in [0, 0.1) is 0 Å². The smallest absolute Gasteiger partial charge is 0.251 e. The molecule has 7 nitrogen and oxygen atoms in total. The summed E-state index contributed by atoms with van der Waals surface area (Å²) in [6.45, 7) is 0.750. The zero-order valence-electron chi connectivity index (χ0n) is 18.2. The second kappa shape index (κ2) is 10.7. The van der Waals surface area contributed by atoms with Gasteiger partial charge in [0.05, 0.1) is 12.3 Å². The van der Waals surface area contributed by atoms with Crippen LogP contribution in [0.2, 0.25) is 0 Å². The fraction of sp³-hybridized carbons (Fsp3) is 0.160. The summed E-state index contributed by atoms with van der Waals surface area (Å²) < 4.78 is 7.61. The van der Waals surface area contributed by atoms with Crippen LogP contribution in [0.5, 0.6) is 5.75 Å². The van der Waals surface area contributed by atoms with Crippen molar-refractivity contribution in [2.45, 2.75) is 5.16 Å². The van der Waals surface area contributed by atoms with E-state index in [0.29, 0.717) is 24.4 Å². The predicted octanol–water partition coefficient (Wildman–Crippen LogP) is 4.11. The van der Waals surface area contributed by atoms with E-state index in [-0.39, 0.29) is 17.6 Å². The quantitative estimate of drug-likeness (QED) is 0.290. The van der Waals surface area contributed by atoms with Crippen molar-refractivity contribution < 1.29 is 14.3 Å². The normalized spacial score (nSPS) is 10.7. The zero-order chi connectivity index (χ0) is 23.0. The van der Waals surface area contributed by atoms with Gasteiger partial charge in [-0.15, -0.1) is 0 Å². The number of carbonyl (C=O) groups excluding carboxylic acids is 2. The first kappa shape index (κ1) is 22.4. The Bertz CT molecular complexity index is 1250. The number of nitrogens with zero attached hydrogens (tertiary/aromatic N) is 2. The van der Waals surface area contributed by atoms with E-state index in [9.17, 15) is 9.59 Å². The van der Waals surface area contributed by atoms with Crippen LogP contribution < -0.4 is 15.4 Å². The molecule has 0 atom stereocenters. The van der Waals surface area contributed by atoms with Gasteiger partial charge in [-0.05, 0) is 47.2 Å². The Morgan fingerprint density at radius 3 is 2.58 bits per heavy atom. The maximum absolute atomic E-state index is 12.4. The average Bonchev–Trinajstić information content (AvgIpc) is 3.25. The Morgan fingerprint density at radius 1 is 1.03 bits per heavy atom. The second-order valence-corrected chi connectivity index (χ2v) is 8.29. The van der Waals surface area contributed by atoms with Crippen LogP contribution in [0.4, 0.5) is 5.69 Å². The van der Waals surface area contributed by atoms with E-state index in [1.165, 1.54) is 11.8 Å². The number of imidazole rings is 1. The molecule has 0 aliphatic rings. The van der Waals surface area contributed by atoms with Crippen LogP contribution in [0.15, 0.2) is 84.3 Å². The lowest BCUT2D eigenvalue weighted by Gasteiger charge is -2.09. The second-order valence-electron chi connectivity index (χ2n) is 7.35. The Balaban J connectivity index is 1.20. The molecule has 4 aromatic rings. The SMILES string of the molecule is Cn1ccnc1SCC(=O)Nc1ccc(C(=O)NCCOc2ccc3ccccc3c2)cc1. The molecule has 0 saturated heterocycles. The third-order valence-corrected chi connectivity index (χ3v) is 5.98. The van der Waals surface area contributed by atoms with E-state index in [1.54, 1.807) is 30.5 Å². The van der Waals surface area contributed by atoms with Crippen molar-refractivity contribution in [3.8, 4) is 5.75 Å². The summed E-state index contributed by atoms with van der Waals surface area (Å²) in [5.41, 5.74) is 1.15. The maximum Gasteiger partial charge on any atom is 0.251 e. The fourth-order valence-corrected chi connectivity index (χ4v) is 3.95. The minimum absolute atomic E-state index is 0.133. The highest BCUT2D eigenvalue weighted by Gasteiger charge is 2.09. The van der Waals surface area contributed by atoms with Crippen molar-refractivity contribution in [2.75, 3.05) is 24.2 Å². The van der Waals surface area contributed by atoms with Gasteiger partial charge in [0, 0.05) is 30.7 Å². The van der Waals surface area contributed by atoms with Crippen LogP contribution in [0.3, 0.4) is 0 Å². The fourth-order valence-electron chi connectivity index (χ4n) is 3.22. The number of aromatic nitrogens is 2. The highest BCUT2D eigenvalue weighted by molar-refractivity contribution is 7.99. The molecule has 0 fully saturated rings. The number of ether oxygens (including phenoxy) is 1. The molecule has 4 rings (SSSR count). The van der Waals surface area contributed by atoms with Crippen molar-refractivity contribution >= 4 is 40.0 Å². The average molecular weight is 461 g/mol. The molecule has 0 spiro atoms. The van der Waals surface area contributed by atoms with Gasteiger partial charge < -0.3 is 19.9 Å². The topological polar surface area (TPSA) is 85.2 Å². The number of anilines is 1. The number of amides is 2. The Morgan fingerprint density at radius 2 is 1.82 bits per heavy atom. The van der Waals surface area contributed by atoms with Crippen LogP contribution in [0.25, 0.3) is 10.8 Å². The molecule has 2 amide bonds. The minimum Gasteiger partial charge on any atom is -0.492 e. The number of hydrogen-bond acceptors (Lipinski definition) is 5. The maximum atomic E-state index is 12.4. The summed E-state index contributed by atoms with van der Waals surface area (Å²) in [5, 5.41) is 8.72. The van der Waals surface area contributed by atoms with Crippen molar-refractivity contribution in [1.82, 2.24) is 14.9 Å². The lowest BCUT2D eigenvalue weighted by molar-refractivity contribution is -0.113.